The molecule has 0 atom stereocenters. The van der Waals surface area contributed by atoms with Gasteiger partial charge in [-0.05, 0) is 40.2 Å². The molecule has 1 amide bonds. The molecule has 0 bridgehead atoms. The van der Waals surface area contributed by atoms with Crippen LogP contribution < -0.4 is 5.32 Å². The van der Waals surface area contributed by atoms with Crippen LogP contribution in [0, 0.1) is 15.9 Å². The van der Waals surface area contributed by atoms with Crippen molar-refractivity contribution in [2.75, 3.05) is 5.32 Å². The predicted octanol–water partition coefficient (Wildman–Crippen LogP) is 5.30. The summed E-state index contributed by atoms with van der Waals surface area (Å²) in [6, 6.07) is 8.04. The van der Waals surface area contributed by atoms with Crippen LogP contribution in [0.2, 0.25) is 10.0 Å². The number of anilines is 1. The largest absolute Gasteiger partial charge is 0.304 e. The van der Waals surface area contributed by atoms with E-state index in [1.165, 1.54) is 28.9 Å². The van der Waals surface area contributed by atoms with Crippen molar-refractivity contribution >= 4 is 56.5 Å². The number of hydrogen-bond donors (Lipinski definition) is 1. The SMILES string of the molecule is O=C(Nc1nn(Cc2c(F)cccc2Cl)cc1Br)c1ccc(Cl)c([N+](=O)[O-])c1. The highest BCUT2D eigenvalue weighted by Gasteiger charge is 2.18. The molecule has 3 aromatic rings. The van der Waals surface area contributed by atoms with E-state index in [0.717, 1.165) is 6.07 Å². The Morgan fingerprint density at radius 1 is 1.29 bits per heavy atom. The maximum Gasteiger partial charge on any atom is 0.288 e. The number of hydrogen-bond acceptors (Lipinski definition) is 4. The van der Waals surface area contributed by atoms with E-state index in [4.69, 9.17) is 23.2 Å². The zero-order chi connectivity index (χ0) is 20.4. The minimum atomic E-state index is -0.679. The minimum Gasteiger partial charge on any atom is -0.304 e. The van der Waals surface area contributed by atoms with E-state index < -0.39 is 16.6 Å². The smallest absolute Gasteiger partial charge is 0.288 e. The van der Waals surface area contributed by atoms with Gasteiger partial charge in [-0.25, -0.2) is 4.39 Å². The summed E-state index contributed by atoms with van der Waals surface area (Å²) < 4.78 is 15.8. The molecule has 0 saturated heterocycles. The molecule has 1 heterocycles. The maximum absolute atomic E-state index is 13.9. The molecule has 1 N–H and O–H groups in total. The Morgan fingerprint density at radius 2 is 2.04 bits per heavy atom. The lowest BCUT2D eigenvalue weighted by atomic mass is 10.2. The second-order valence-corrected chi connectivity index (χ2v) is 7.27. The number of nitro groups is 1. The van der Waals surface area contributed by atoms with Crippen molar-refractivity contribution in [1.29, 1.82) is 0 Å². The molecule has 0 fully saturated rings. The molecule has 0 aliphatic rings. The van der Waals surface area contributed by atoms with Gasteiger partial charge in [0, 0.05) is 28.4 Å². The average Bonchev–Trinajstić information content (AvgIpc) is 2.97. The molecular weight excluding hydrogens is 478 g/mol. The second kappa shape index (κ2) is 8.26. The molecule has 0 radical (unpaired) electrons. The Morgan fingerprint density at radius 3 is 2.71 bits per heavy atom. The highest BCUT2D eigenvalue weighted by molar-refractivity contribution is 9.10. The van der Waals surface area contributed by atoms with Crippen LogP contribution in [0.15, 0.2) is 47.1 Å². The quantitative estimate of drug-likeness (QED) is 0.390. The topological polar surface area (TPSA) is 90.1 Å². The zero-order valence-corrected chi connectivity index (χ0v) is 16.9. The van der Waals surface area contributed by atoms with Gasteiger partial charge >= 0.3 is 0 Å². The van der Waals surface area contributed by atoms with Crippen molar-refractivity contribution in [2.24, 2.45) is 0 Å². The number of rotatable bonds is 5. The Hall–Kier alpha value is -2.49. The summed E-state index contributed by atoms with van der Waals surface area (Å²) >= 11 is 15.0. The molecular formula is C17H10BrCl2FN4O3. The van der Waals surface area contributed by atoms with Crippen molar-refractivity contribution in [3.05, 3.63) is 84.2 Å². The molecule has 144 valence electrons. The first-order valence-electron chi connectivity index (χ1n) is 7.67. The third-order valence-corrected chi connectivity index (χ3v) is 4.99. The van der Waals surface area contributed by atoms with Crippen LogP contribution in [-0.4, -0.2) is 20.6 Å². The molecule has 7 nitrogen and oxygen atoms in total. The molecule has 0 aliphatic carbocycles. The van der Waals surface area contributed by atoms with Crippen LogP contribution in [0.1, 0.15) is 15.9 Å². The number of amides is 1. The fourth-order valence-electron chi connectivity index (χ4n) is 2.38. The number of benzene rings is 2. The van der Waals surface area contributed by atoms with Gasteiger partial charge < -0.3 is 5.32 Å². The standard InChI is InChI=1S/C17H10BrCl2FN4O3/c18-11-8-24(7-10-12(19)2-1-3-14(10)21)23-16(11)22-17(26)9-4-5-13(20)15(6-9)25(27)28/h1-6,8H,7H2,(H,22,23,26). The summed E-state index contributed by atoms with van der Waals surface area (Å²) in [5.41, 5.74) is -0.0897. The van der Waals surface area contributed by atoms with Crippen molar-refractivity contribution in [2.45, 2.75) is 6.54 Å². The lowest BCUT2D eigenvalue weighted by Crippen LogP contribution is -2.13. The van der Waals surface area contributed by atoms with Crippen molar-refractivity contribution in [1.82, 2.24) is 9.78 Å². The van der Waals surface area contributed by atoms with Crippen LogP contribution in [0.3, 0.4) is 0 Å². The van der Waals surface area contributed by atoms with Gasteiger partial charge in [0.2, 0.25) is 0 Å². The maximum atomic E-state index is 13.9. The Bertz CT molecular complexity index is 1070. The number of nitrogens with zero attached hydrogens (tertiary/aromatic N) is 3. The van der Waals surface area contributed by atoms with E-state index >= 15 is 0 Å². The fourth-order valence-corrected chi connectivity index (χ4v) is 3.21. The second-order valence-electron chi connectivity index (χ2n) is 5.60. The third-order valence-electron chi connectivity index (χ3n) is 3.74. The number of nitrogens with one attached hydrogen (secondary N) is 1. The lowest BCUT2D eigenvalue weighted by Gasteiger charge is -2.06. The van der Waals surface area contributed by atoms with Gasteiger partial charge in [-0.2, -0.15) is 5.10 Å². The number of aromatic nitrogens is 2. The van der Waals surface area contributed by atoms with Crippen LogP contribution in [0.4, 0.5) is 15.9 Å². The molecule has 3 rings (SSSR count). The number of carbonyl (C=O) groups excluding carboxylic acids is 1. The van der Waals surface area contributed by atoms with Gasteiger partial charge in [-0.3, -0.25) is 19.6 Å². The average molecular weight is 488 g/mol. The summed E-state index contributed by atoms with van der Waals surface area (Å²) in [6.45, 7) is 0.0480. The van der Waals surface area contributed by atoms with E-state index in [2.05, 4.69) is 26.3 Å². The fraction of sp³-hybridized carbons (Fsp3) is 0.0588. The summed E-state index contributed by atoms with van der Waals surface area (Å²) in [7, 11) is 0. The van der Waals surface area contributed by atoms with Gasteiger partial charge in [-0.1, -0.05) is 29.3 Å². The van der Waals surface area contributed by atoms with Gasteiger partial charge in [0.05, 0.1) is 15.9 Å². The first-order valence-corrected chi connectivity index (χ1v) is 9.22. The van der Waals surface area contributed by atoms with Gasteiger partial charge in [0.25, 0.3) is 11.6 Å². The van der Waals surface area contributed by atoms with Crippen LogP contribution in [0.5, 0.6) is 0 Å². The third kappa shape index (κ3) is 4.32. The molecule has 11 heteroatoms. The molecule has 0 spiro atoms. The van der Waals surface area contributed by atoms with Gasteiger partial charge in [0.15, 0.2) is 5.82 Å². The molecule has 0 unspecified atom stereocenters. The van der Waals surface area contributed by atoms with E-state index in [0.29, 0.717) is 4.47 Å². The van der Waals surface area contributed by atoms with E-state index in [9.17, 15) is 19.3 Å². The zero-order valence-electron chi connectivity index (χ0n) is 13.8. The normalized spacial score (nSPS) is 10.7. The Balaban J connectivity index is 1.81. The van der Waals surface area contributed by atoms with Crippen molar-refractivity contribution in [3.63, 3.8) is 0 Å². The summed E-state index contributed by atoms with van der Waals surface area (Å²) in [4.78, 5) is 22.7. The lowest BCUT2D eigenvalue weighted by molar-refractivity contribution is -0.384. The van der Waals surface area contributed by atoms with Crippen LogP contribution >= 0.6 is 39.1 Å². The van der Waals surface area contributed by atoms with Crippen molar-refractivity contribution < 1.29 is 14.1 Å². The highest BCUT2D eigenvalue weighted by Crippen LogP contribution is 2.27. The molecule has 2 aromatic carbocycles. The van der Waals surface area contributed by atoms with E-state index in [-0.39, 0.29) is 39.2 Å². The summed E-state index contributed by atoms with van der Waals surface area (Å²) in [5, 5.41) is 17.9. The Kier molecular flexibility index (Phi) is 5.97. The van der Waals surface area contributed by atoms with Crippen LogP contribution in [0.25, 0.3) is 0 Å². The number of nitro benzene ring substituents is 1. The first-order chi connectivity index (χ1) is 13.3. The molecule has 1 aromatic heterocycles. The summed E-state index contributed by atoms with van der Waals surface area (Å²) in [5.74, 6) is -0.928. The number of halogens is 4. The predicted molar refractivity (Wildman–Crippen MR) is 106 cm³/mol. The Labute approximate surface area is 176 Å². The molecule has 0 aliphatic heterocycles. The number of carbonyl (C=O) groups is 1. The minimum absolute atomic E-state index is 0.0368. The van der Waals surface area contributed by atoms with Crippen LogP contribution in [-0.2, 0) is 6.54 Å². The van der Waals surface area contributed by atoms with Crippen molar-refractivity contribution in [3.8, 4) is 0 Å². The monoisotopic (exact) mass is 486 g/mol. The summed E-state index contributed by atoms with van der Waals surface area (Å²) in [6.07, 6.45) is 1.54. The highest BCUT2D eigenvalue weighted by atomic mass is 79.9. The van der Waals surface area contributed by atoms with Gasteiger partial charge in [0.1, 0.15) is 10.8 Å². The van der Waals surface area contributed by atoms with E-state index in [1.54, 1.807) is 12.3 Å². The molecule has 0 saturated carbocycles. The van der Waals surface area contributed by atoms with Gasteiger partial charge in [-0.15, -0.1) is 0 Å². The molecule has 28 heavy (non-hydrogen) atoms. The first kappa shape index (κ1) is 20.2. The van der Waals surface area contributed by atoms with E-state index in [1.807, 2.05) is 0 Å².